The fourth-order valence-corrected chi connectivity index (χ4v) is 2.87. The fourth-order valence-electron chi connectivity index (χ4n) is 2.87. The second-order valence-electron chi connectivity index (χ2n) is 6.06. The Morgan fingerprint density at radius 2 is 1.92 bits per heavy atom. The number of nitrogens with zero attached hydrogens (tertiary/aromatic N) is 1. The van der Waals surface area contributed by atoms with Crippen LogP contribution >= 0.6 is 0 Å². The molecule has 132 valence electrons. The van der Waals surface area contributed by atoms with Gasteiger partial charge in [-0.25, -0.2) is 0 Å². The van der Waals surface area contributed by atoms with Gasteiger partial charge < -0.3 is 19.4 Å². The second kappa shape index (κ2) is 8.37. The first-order valence-electron chi connectivity index (χ1n) is 8.51. The maximum absolute atomic E-state index is 12.2. The van der Waals surface area contributed by atoms with E-state index in [9.17, 15) is 9.59 Å². The van der Waals surface area contributed by atoms with Crippen molar-refractivity contribution in [2.45, 2.75) is 25.3 Å². The molecular weight excluding hydrogens is 320 g/mol. The summed E-state index contributed by atoms with van der Waals surface area (Å²) in [4.78, 5) is 26.0. The Labute approximate surface area is 146 Å². The molecule has 0 unspecified atom stereocenters. The van der Waals surface area contributed by atoms with Crippen LogP contribution in [0.15, 0.2) is 53.3 Å². The molecule has 6 nitrogen and oxygen atoms in total. The van der Waals surface area contributed by atoms with Crippen LogP contribution in [0.25, 0.3) is 0 Å². The van der Waals surface area contributed by atoms with Crippen LogP contribution in [0.2, 0.25) is 0 Å². The minimum atomic E-state index is -0.0187. The molecule has 25 heavy (non-hydrogen) atoms. The molecule has 0 saturated carbocycles. The Hall–Kier alpha value is -2.76. The molecule has 1 aliphatic rings. The number of carbonyl (C=O) groups excluding carboxylic acids is 2. The van der Waals surface area contributed by atoms with Gasteiger partial charge in [0.25, 0.3) is 5.91 Å². The molecule has 0 atom stereocenters. The molecule has 0 radical (unpaired) electrons. The number of benzene rings is 1. The van der Waals surface area contributed by atoms with Crippen LogP contribution < -0.4 is 10.1 Å². The van der Waals surface area contributed by atoms with Gasteiger partial charge in [-0.05, 0) is 31.0 Å². The van der Waals surface area contributed by atoms with E-state index in [1.807, 2.05) is 30.3 Å². The Kier molecular flexibility index (Phi) is 5.72. The van der Waals surface area contributed by atoms with E-state index in [1.165, 1.54) is 12.5 Å². The lowest BCUT2D eigenvalue weighted by Crippen LogP contribution is -2.46. The van der Waals surface area contributed by atoms with E-state index in [0.717, 1.165) is 18.6 Å². The molecular formula is C19H22N2O4. The molecule has 0 bridgehead atoms. The van der Waals surface area contributed by atoms with Crippen molar-refractivity contribution >= 4 is 11.8 Å². The zero-order chi connectivity index (χ0) is 17.5. The summed E-state index contributed by atoms with van der Waals surface area (Å²) < 4.78 is 10.5. The van der Waals surface area contributed by atoms with E-state index in [4.69, 9.17) is 9.15 Å². The maximum Gasteiger partial charge on any atom is 0.257 e. The van der Waals surface area contributed by atoms with Crippen LogP contribution in [0.5, 0.6) is 5.75 Å². The van der Waals surface area contributed by atoms with Crippen LogP contribution in [-0.4, -0.2) is 42.5 Å². The quantitative estimate of drug-likeness (QED) is 0.875. The number of hydrogen-bond donors (Lipinski definition) is 1. The number of rotatable bonds is 6. The van der Waals surface area contributed by atoms with E-state index >= 15 is 0 Å². The highest BCUT2D eigenvalue weighted by molar-refractivity contribution is 5.93. The van der Waals surface area contributed by atoms with Crippen molar-refractivity contribution in [3.8, 4) is 5.75 Å². The van der Waals surface area contributed by atoms with Gasteiger partial charge in [-0.3, -0.25) is 9.59 Å². The molecule has 1 aromatic carbocycles. The molecule has 2 heterocycles. The lowest BCUT2D eigenvalue weighted by Gasteiger charge is -2.32. The van der Waals surface area contributed by atoms with Crippen molar-refractivity contribution in [1.82, 2.24) is 10.2 Å². The average Bonchev–Trinajstić information content (AvgIpc) is 3.17. The van der Waals surface area contributed by atoms with Crippen LogP contribution in [0.3, 0.4) is 0 Å². The molecule has 1 aliphatic heterocycles. The van der Waals surface area contributed by atoms with Crippen molar-refractivity contribution in [2.75, 3.05) is 19.7 Å². The third-order valence-corrected chi connectivity index (χ3v) is 4.26. The highest BCUT2D eigenvalue weighted by Gasteiger charge is 2.24. The maximum atomic E-state index is 12.2. The lowest BCUT2D eigenvalue weighted by molar-refractivity contribution is -0.122. The molecule has 1 aromatic heterocycles. The molecule has 6 heteroatoms. The van der Waals surface area contributed by atoms with Gasteiger partial charge in [-0.2, -0.15) is 0 Å². The van der Waals surface area contributed by atoms with Gasteiger partial charge in [0.2, 0.25) is 5.91 Å². The number of piperidine rings is 1. The summed E-state index contributed by atoms with van der Waals surface area (Å²) in [6, 6.07) is 11.2. The summed E-state index contributed by atoms with van der Waals surface area (Å²) >= 11 is 0. The summed E-state index contributed by atoms with van der Waals surface area (Å²) in [6.45, 7) is 1.62. The first-order valence-corrected chi connectivity index (χ1v) is 8.51. The van der Waals surface area contributed by atoms with Gasteiger partial charge in [0.15, 0.2) is 0 Å². The Balaban J connectivity index is 1.35. The van der Waals surface area contributed by atoms with Gasteiger partial charge >= 0.3 is 0 Å². The SMILES string of the molecule is O=C(CCOc1ccccc1)NC1CCN(C(=O)c2ccoc2)CC1. The van der Waals surface area contributed by atoms with Gasteiger partial charge in [-0.1, -0.05) is 18.2 Å². The summed E-state index contributed by atoms with van der Waals surface area (Å²) in [7, 11) is 0. The van der Waals surface area contributed by atoms with E-state index in [0.29, 0.717) is 31.7 Å². The van der Waals surface area contributed by atoms with Crippen molar-refractivity contribution in [1.29, 1.82) is 0 Å². The standard InChI is InChI=1S/C19H22N2O4/c22-18(9-13-25-17-4-2-1-3-5-17)20-16-6-10-21(11-7-16)19(23)15-8-12-24-14-15/h1-5,8,12,14,16H,6-7,9-11,13H2,(H,20,22). The van der Waals surface area contributed by atoms with E-state index in [2.05, 4.69) is 5.32 Å². The summed E-state index contributed by atoms with van der Waals surface area (Å²) in [6.07, 6.45) is 4.80. The van der Waals surface area contributed by atoms with E-state index < -0.39 is 0 Å². The number of furan rings is 1. The Morgan fingerprint density at radius 3 is 2.60 bits per heavy atom. The van der Waals surface area contributed by atoms with Gasteiger partial charge in [0.05, 0.1) is 24.9 Å². The largest absolute Gasteiger partial charge is 0.493 e. The van der Waals surface area contributed by atoms with Crippen LogP contribution in [-0.2, 0) is 4.79 Å². The normalized spacial score (nSPS) is 15.0. The third-order valence-electron chi connectivity index (χ3n) is 4.26. The number of amides is 2. The average molecular weight is 342 g/mol. The monoisotopic (exact) mass is 342 g/mol. The number of hydrogen-bond acceptors (Lipinski definition) is 4. The third kappa shape index (κ3) is 4.86. The molecule has 0 spiro atoms. The number of likely N-dealkylation sites (tertiary alicyclic amines) is 1. The predicted octanol–water partition coefficient (Wildman–Crippen LogP) is 2.47. The number of nitrogens with one attached hydrogen (secondary N) is 1. The second-order valence-corrected chi connectivity index (χ2v) is 6.06. The number of ether oxygens (including phenoxy) is 1. The van der Waals surface area contributed by atoms with Gasteiger partial charge in [0.1, 0.15) is 12.0 Å². The van der Waals surface area contributed by atoms with Crippen molar-refractivity contribution in [3.63, 3.8) is 0 Å². The molecule has 2 aromatic rings. The number of para-hydroxylation sites is 1. The van der Waals surface area contributed by atoms with E-state index in [-0.39, 0.29) is 17.9 Å². The topological polar surface area (TPSA) is 71.8 Å². The van der Waals surface area contributed by atoms with E-state index in [1.54, 1.807) is 11.0 Å². The highest BCUT2D eigenvalue weighted by atomic mass is 16.5. The predicted molar refractivity (Wildman–Crippen MR) is 92.3 cm³/mol. The molecule has 1 N–H and O–H groups in total. The summed E-state index contributed by atoms with van der Waals surface area (Å²) in [5, 5.41) is 3.02. The molecule has 3 rings (SSSR count). The number of carbonyl (C=O) groups is 2. The van der Waals surface area contributed by atoms with Crippen molar-refractivity contribution < 1.29 is 18.7 Å². The van der Waals surface area contributed by atoms with Gasteiger partial charge in [0, 0.05) is 19.1 Å². The Bertz CT molecular complexity index is 677. The summed E-state index contributed by atoms with van der Waals surface area (Å²) in [5.41, 5.74) is 0.570. The Morgan fingerprint density at radius 1 is 1.16 bits per heavy atom. The molecule has 2 amide bonds. The highest BCUT2D eigenvalue weighted by Crippen LogP contribution is 2.14. The smallest absolute Gasteiger partial charge is 0.257 e. The van der Waals surface area contributed by atoms with Crippen molar-refractivity contribution in [3.05, 3.63) is 54.5 Å². The van der Waals surface area contributed by atoms with Crippen LogP contribution in [0.1, 0.15) is 29.6 Å². The summed E-state index contributed by atoms with van der Waals surface area (Å²) in [5.74, 6) is 0.728. The van der Waals surface area contributed by atoms with Crippen molar-refractivity contribution in [2.24, 2.45) is 0 Å². The zero-order valence-corrected chi connectivity index (χ0v) is 14.0. The minimum Gasteiger partial charge on any atom is -0.493 e. The molecule has 1 fully saturated rings. The first-order chi connectivity index (χ1) is 12.2. The minimum absolute atomic E-state index is 0.0180. The van der Waals surface area contributed by atoms with Crippen LogP contribution in [0.4, 0.5) is 0 Å². The zero-order valence-electron chi connectivity index (χ0n) is 14.0. The first kappa shape index (κ1) is 17.1. The lowest BCUT2D eigenvalue weighted by atomic mass is 10.0. The molecule has 0 aliphatic carbocycles. The fraction of sp³-hybridized carbons (Fsp3) is 0.368. The molecule has 1 saturated heterocycles. The van der Waals surface area contributed by atoms with Gasteiger partial charge in [-0.15, -0.1) is 0 Å². The van der Waals surface area contributed by atoms with Crippen LogP contribution in [0, 0.1) is 0 Å².